The lowest BCUT2D eigenvalue weighted by Crippen LogP contribution is -2.31. The van der Waals surface area contributed by atoms with E-state index in [0.29, 0.717) is 34.3 Å². The topological polar surface area (TPSA) is 110 Å². The highest BCUT2D eigenvalue weighted by Gasteiger charge is 2.28. The summed E-state index contributed by atoms with van der Waals surface area (Å²) in [6, 6.07) is 12.4. The third-order valence-electron chi connectivity index (χ3n) is 5.37. The van der Waals surface area contributed by atoms with Crippen molar-refractivity contribution in [3.05, 3.63) is 92.1 Å². The number of amides is 1. The third kappa shape index (κ3) is 3.69. The molecular weight excluding hydrogens is 453 g/mol. The normalized spacial score (nSPS) is 15.0. The summed E-state index contributed by atoms with van der Waals surface area (Å²) in [5, 5.41) is 14.8. The molecule has 0 saturated heterocycles. The summed E-state index contributed by atoms with van der Waals surface area (Å²) in [5.74, 6) is -0.0260. The molecule has 162 valence electrons. The van der Waals surface area contributed by atoms with Gasteiger partial charge in [0.25, 0.3) is 5.91 Å². The molecule has 11 heteroatoms. The monoisotopic (exact) mass is 469 g/mol. The highest BCUT2D eigenvalue weighted by Crippen LogP contribution is 2.27. The van der Waals surface area contributed by atoms with Crippen LogP contribution in [-0.2, 0) is 13.0 Å². The summed E-state index contributed by atoms with van der Waals surface area (Å²) in [7, 11) is 0. The van der Waals surface area contributed by atoms with Crippen LogP contribution in [0.1, 0.15) is 40.0 Å². The van der Waals surface area contributed by atoms with Crippen molar-refractivity contribution in [2.75, 3.05) is 0 Å². The summed E-state index contributed by atoms with van der Waals surface area (Å²) >= 11 is 12.4. The average Bonchev–Trinajstić information content (AvgIpc) is 3.37. The van der Waals surface area contributed by atoms with E-state index in [1.54, 1.807) is 18.2 Å². The van der Waals surface area contributed by atoms with Crippen molar-refractivity contribution >= 4 is 29.1 Å². The molecule has 4 aromatic rings. The van der Waals surface area contributed by atoms with Crippen LogP contribution in [0.4, 0.5) is 0 Å². The number of nitrogens with zero attached hydrogens (tertiary/aromatic N) is 5. The zero-order chi connectivity index (χ0) is 22.2. The van der Waals surface area contributed by atoms with Crippen LogP contribution in [0, 0.1) is 0 Å². The maximum absolute atomic E-state index is 12.9. The smallest absolute Gasteiger partial charge is 0.339 e. The number of benzene rings is 2. The van der Waals surface area contributed by atoms with E-state index in [1.165, 1.54) is 15.6 Å². The molecule has 0 spiro atoms. The molecule has 1 amide bonds. The number of carbonyl (C=O) groups is 1. The first-order chi connectivity index (χ1) is 15.5. The molecule has 0 unspecified atom stereocenters. The maximum atomic E-state index is 12.9. The van der Waals surface area contributed by atoms with Crippen LogP contribution >= 0.6 is 23.2 Å². The SMILES string of the molecule is O=C(N[C@@H]1CCc2ccccc2-n2c1n[nH]c2=O)c1ncn(Cc2c(Cl)cccc2Cl)n1. The Balaban J connectivity index is 1.38. The van der Waals surface area contributed by atoms with Gasteiger partial charge in [-0.2, -0.15) is 5.10 Å². The van der Waals surface area contributed by atoms with Crippen LogP contribution in [-0.4, -0.2) is 35.4 Å². The van der Waals surface area contributed by atoms with Gasteiger partial charge < -0.3 is 5.32 Å². The van der Waals surface area contributed by atoms with E-state index < -0.39 is 11.9 Å². The molecule has 32 heavy (non-hydrogen) atoms. The molecule has 0 fully saturated rings. The van der Waals surface area contributed by atoms with Crippen molar-refractivity contribution in [1.29, 1.82) is 0 Å². The standard InChI is InChI=1S/C21H17Cl2N7O2/c22-14-5-3-6-15(23)13(14)10-29-11-24-18(28-29)20(31)25-16-9-8-12-4-1-2-7-17(12)30-19(16)26-27-21(30)32/h1-7,11,16H,8-10H2,(H,25,31)(H,27,32)/t16-/m1/s1. The summed E-state index contributed by atoms with van der Waals surface area (Å²) in [6.07, 6.45) is 2.70. The van der Waals surface area contributed by atoms with Crippen molar-refractivity contribution in [1.82, 2.24) is 34.8 Å². The molecule has 5 rings (SSSR count). The Hall–Kier alpha value is -3.43. The van der Waals surface area contributed by atoms with Gasteiger partial charge in [0.05, 0.1) is 18.3 Å². The Kier molecular flexibility index (Phi) is 5.28. The van der Waals surface area contributed by atoms with Crippen molar-refractivity contribution in [3.8, 4) is 5.69 Å². The van der Waals surface area contributed by atoms with E-state index in [0.717, 1.165) is 11.3 Å². The number of nitrogens with one attached hydrogen (secondary N) is 2. The van der Waals surface area contributed by atoms with Crippen LogP contribution in [0.15, 0.2) is 53.6 Å². The number of halogens is 2. The average molecular weight is 470 g/mol. The summed E-state index contributed by atoms with van der Waals surface area (Å²) in [6.45, 7) is 0.274. The second-order valence-corrected chi connectivity index (χ2v) is 8.20. The molecule has 9 nitrogen and oxygen atoms in total. The van der Waals surface area contributed by atoms with Crippen molar-refractivity contribution in [2.45, 2.75) is 25.4 Å². The number of hydrogen-bond acceptors (Lipinski definition) is 5. The molecule has 1 aliphatic heterocycles. The number of aryl methyl sites for hydroxylation is 1. The van der Waals surface area contributed by atoms with Crippen molar-refractivity contribution < 1.29 is 4.79 Å². The number of fused-ring (bicyclic) bond motifs is 3. The first kappa shape index (κ1) is 20.5. The lowest BCUT2D eigenvalue weighted by atomic mass is 10.1. The molecule has 3 heterocycles. The molecule has 1 aliphatic rings. The summed E-state index contributed by atoms with van der Waals surface area (Å²) in [5.41, 5.74) is 2.10. The Bertz CT molecular complexity index is 1350. The maximum Gasteiger partial charge on any atom is 0.348 e. The van der Waals surface area contributed by atoms with Gasteiger partial charge in [-0.05, 0) is 36.6 Å². The van der Waals surface area contributed by atoms with Crippen LogP contribution in [0.5, 0.6) is 0 Å². The minimum Gasteiger partial charge on any atom is -0.339 e. The van der Waals surface area contributed by atoms with Gasteiger partial charge in [-0.3, -0.25) is 4.79 Å². The van der Waals surface area contributed by atoms with Gasteiger partial charge in [-0.25, -0.2) is 24.1 Å². The molecule has 0 radical (unpaired) electrons. The number of para-hydroxylation sites is 1. The second kappa shape index (κ2) is 8.25. The van der Waals surface area contributed by atoms with E-state index in [9.17, 15) is 9.59 Å². The van der Waals surface area contributed by atoms with Crippen LogP contribution < -0.4 is 11.0 Å². The Morgan fingerprint density at radius 1 is 1.16 bits per heavy atom. The summed E-state index contributed by atoms with van der Waals surface area (Å²) < 4.78 is 2.99. The van der Waals surface area contributed by atoms with E-state index in [4.69, 9.17) is 23.2 Å². The molecule has 2 aromatic heterocycles. The van der Waals surface area contributed by atoms with Gasteiger partial charge in [0.2, 0.25) is 5.82 Å². The third-order valence-corrected chi connectivity index (χ3v) is 6.08. The Morgan fingerprint density at radius 3 is 2.75 bits per heavy atom. The molecule has 0 saturated carbocycles. The molecular formula is C21H17Cl2N7O2. The first-order valence-electron chi connectivity index (χ1n) is 9.90. The molecule has 0 aliphatic carbocycles. The van der Waals surface area contributed by atoms with Gasteiger partial charge in [-0.15, -0.1) is 5.10 Å². The minimum absolute atomic E-state index is 0.000584. The van der Waals surface area contributed by atoms with Crippen LogP contribution in [0.2, 0.25) is 10.0 Å². The number of H-pyrrole nitrogens is 1. The first-order valence-corrected chi connectivity index (χ1v) is 10.7. The van der Waals surface area contributed by atoms with E-state index >= 15 is 0 Å². The van der Waals surface area contributed by atoms with Gasteiger partial charge in [0, 0.05) is 15.6 Å². The molecule has 2 N–H and O–H groups in total. The zero-order valence-electron chi connectivity index (χ0n) is 16.6. The largest absolute Gasteiger partial charge is 0.348 e. The minimum atomic E-state index is -0.487. The molecule has 2 aromatic carbocycles. The fourth-order valence-corrected chi connectivity index (χ4v) is 4.34. The fraction of sp³-hybridized carbons (Fsp3) is 0.190. The second-order valence-electron chi connectivity index (χ2n) is 7.38. The predicted molar refractivity (Wildman–Crippen MR) is 118 cm³/mol. The number of aromatic nitrogens is 6. The number of carbonyl (C=O) groups excluding carboxylic acids is 1. The van der Waals surface area contributed by atoms with E-state index in [-0.39, 0.29) is 18.1 Å². The quantitative estimate of drug-likeness (QED) is 0.477. The summed E-state index contributed by atoms with van der Waals surface area (Å²) in [4.78, 5) is 29.4. The fourth-order valence-electron chi connectivity index (χ4n) is 3.82. The number of hydrogen-bond donors (Lipinski definition) is 2. The van der Waals surface area contributed by atoms with E-state index in [1.807, 2.05) is 24.3 Å². The predicted octanol–water partition coefficient (Wildman–Crippen LogP) is 2.92. The zero-order valence-corrected chi connectivity index (χ0v) is 18.1. The van der Waals surface area contributed by atoms with Crippen LogP contribution in [0.25, 0.3) is 5.69 Å². The highest BCUT2D eigenvalue weighted by molar-refractivity contribution is 6.35. The lowest BCUT2D eigenvalue weighted by molar-refractivity contribution is 0.0922. The van der Waals surface area contributed by atoms with E-state index in [2.05, 4.69) is 25.6 Å². The Morgan fingerprint density at radius 2 is 1.94 bits per heavy atom. The van der Waals surface area contributed by atoms with Gasteiger partial charge >= 0.3 is 5.69 Å². The van der Waals surface area contributed by atoms with Crippen molar-refractivity contribution in [2.24, 2.45) is 0 Å². The van der Waals surface area contributed by atoms with Crippen LogP contribution in [0.3, 0.4) is 0 Å². The lowest BCUT2D eigenvalue weighted by Gasteiger charge is -2.14. The number of rotatable bonds is 4. The van der Waals surface area contributed by atoms with Gasteiger partial charge in [-0.1, -0.05) is 47.5 Å². The van der Waals surface area contributed by atoms with Gasteiger partial charge in [0.15, 0.2) is 5.82 Å². The van der Waals surface area contributed by atoms with Crippen molar-refractivity contribution in [3.63, 3.8) is 0 Å². The number of aromatic amines is 1. The molecule has 1 atom stereocenters. The molecule has 0 bridgehead atoms. The van der Waals surface area contributed by atoms with Gasteiger partial charge in [0.1, 0.15) is 6.33 Å². The Labute approximate surface area is 192 Å². The highest BCUT2D eigenvalue weighted by atomic mass is 35.5.